The largest absolute Gasteiger partial charge is 0.479 e. The zero-order chi connectivity index (χ0) is 13.4. The van der Waals surface area contributed by atoms with Gasteiger partial charge in [-0.2, -0.15) is 5.26 Å². The summed E-state index contributed by atoms with van der Waals surface area (Å²) in [5.74, 6) is 0.327. The molecular formula is C13H17N3O2. The van der Waals surface area contributed by atoms with Crippen molar-refractivity contribution in [1.29, 1.82) is 5.26 Å². The molecule has 0 radical (unpaired) electrons. The van der Waals surface area contributed by atoms with Crippen molar-refractivity contribution in [1.82, 2.24) is 0 Å². The van der Waals surface area contributed by atoms with E-state index in [-0.39, 0.29) is 12.5 Å². The topological polar surface area (TPSA) is 88.1 Å². The van der Waals surface area contributed by atoms with E-state index in [0.29, 0.717) is 17.9 Å². The summed E-state index contributed by atoms with van der Waals surface area (Å²) in [6.07, 6.45) is 1.51. The molecule has 0 heterocycles. The Hall–Kier alpha value is -2.06. The van der Waals surface area contributed by atoms with Crippen LogP contribution in [0.4, 0.5) is 5.69 Å². The maximum absolute atomic E-state index is 11.7. The summed E-state index contributed by atoms with van der Waals surface area (Å²) in [5, 5.41) is 11.1. The van der Waals surface area contributed by atoms with Crippen LogP contribution in [-0.4, -0.2) is 18.6 Å². The molecule has 0 saturated heterocycles. The highest BCUT2D eigenvalue weighted by Crippen LogP contribution is 2.17. The van der Waals surface area contributed by atoms with E-state index in [1.54, 1.807) is 24.3 Å². The number of anilines is 1. The lowest BCUT2D eigenvalue weighted by Crippen LogP contribution is -2.35. The van der Waals surface area contributed by atoms with Crippen LogP contribution in [0.2, 0.25) is 0 Å². The molecule has 0 bridgehead atoms. The number of nitriles is 1. The molecule has 0 fully saturated rings. The number of amides is 1. The van der Waals surface area contributed by atoms with E-state index >= 15 is 0 Å². The predicted molar refractivity (Wildman–Crippen MR) is 69.1 cm³/mol. The molecule has 18 heavy (non-hydrogen) atoms. The lowest BCUT2D eigenvalue weighted by molar-refractivity contribution is -0.117. The van der Waals surface area contributed by atoms with Crippen LogP contribution < -0.4 is 15.8 Å². The molecule has 0 aliphatic rings. The molecule has 0 saturated carbocycles. The fourth-order valence-electron chi connectivity index (χ4n) is 1.46. The van der Waals surface area contributed by atoms with E-state index in [1.807, 2.05) is 13.0 Å². The van der Waals surface area contributed by atoms with Gasteiger partial charge in [-0.15, -0.1) is 0 Å². The predicted octanol–water partition coefficient (Wildman–Crippen LogP) is 1.65. The minimum atomic E-state index is -0.501. The molecule has 5 nitrogen and oxygen atoms in total. The van der Waals surface area contributed by atoms with Crippen molar-refractivity contribution in [2.75, 3.05) is 11.9 Å². The summed E-state index contributed by atoms with van der Waals surface area (Å²) in [6.45, 7) is 1.95. The second-order valence-electron chi connectivity index (χ2n) is 3.86. The highest BCUT2D eigenvalue weighted by Gasteiger charge is 2.12. The van der Waals surface area contributed by atoms with Gasteiger partial charge in [0.2, 0.25) is 5.91 Å². The van der Waals surface area contributed by atoms with Crippen molar-refractivity contribution >= 4 is 11.6 Å². The van der Waals surface area contributed by atoms with Gasteiger partial charge in [0.1, 0.15) is 11.8 Å². The number of rotatable bonds is 6. The fraction of sp³-hybridized carbons (Fsp3) is 0.385. The Kier molecular flexibility index (Phi) is 5.68. The lowest BCUT2D eigenvalue weighted by Gasteiger charge is -2.11. The summed E-state index contributed by atoms with van der Waals surface area (Å²) < 4.78 is 5.14. The third kappa shape index (κ3) is 4.44. The number of benzene rings is 1. The maximum Gasteiger partial charge on any atom is 0.241 e. The van der Waals surface area contributed by atoms with Gasteiger partial charge in [0.25, 0.3) is 0 Å². The second kappa shape index (κ2) is 7.30. The Labute approximate surface area is 107 Å². The summed E-state index contributed by atoms with van der Waals surface area (Å²) in [7, 11) is 0. The number of carbonyl (C=O) groups is 1. The molecule has 1 amide bonds. The van der Waals surface area contributed by atoms with Gasteiger partial charge < -0.3 is 15.8 Å². The number of nitrogens with two attached hydrogens (primary N) is 1. The Morgan fingerprint density at radius 3 is 3.06 bits per heavy atom. The molecule has 0 spiro atoms. The van der Waals surface area contributed by atoms with Crippen LogP contribution in [0.1, 0.15) is 19.8 Å². The number of nitrogens with zero attached hydrogens (tertiary/aromatic N) is 1. The molecular weight excluding hydrogens is 230 g/mol. The van der Waals surface area contributed by atoms with Gasteiger partial charge in [-0.1, -0.05) is 19.4 Å². The molecule has 1 aromatic carbocycles. The van der Waals surface area contributed by atoms with Gasteiger partial charge in [-0.05, 0) is 18.6 Å². The molecule has 0 aromatic heterocycles. The standard InChI is InChI=1S/C13H17N3O2/c1-2-4-12(15)13(17)16-10-5-3-6-11(9-10)18-8-7-14/h3,5-6,9,12H,2,4,8,15H2,1H3,(H,16,17)/t12-/m0/s1. The summed E-state index contributed by atoms with van der Waals surface area (Å²) in [6, 6.07) is 8.25. The van der Waals surface area contributed by atoms with E-state index in [2.05, 4.69) is 5.32 Å². The molecule has 0 aliphatic heterocycles. The first-order valence-corrected chi connectivity index (χ1v) is 5.83. The Morgan fingerprint density at radius 1 is 1.61 bits per heavy atom. The van der Waals surface area contributed by atoms with Gasteiger partial charge >= 0.3 is 0 Å². The van der Waals surface area contributed by atoms with Crippen molar-refractivity contribution < 1.29 is 9.53 Å². The number of nitrogens with one attached hydrogen (secondary N) is 1. The van der Waals surface area contributed by atoms with Crippen LogP contribution in [0, 0.1) is 11.3 Å². The minimum absolute atomic E-state index is 0.0211. The van der Waals surface area contributed by atoms with Gasteiger partial charge in [0, 0.05) is 11.8 Å². The first-order chi connectivity index (χ1) is 8.67. The fourth-order valence-corrected chi connectivity index (χ4v) is 1.46. The number of ether oxygens (including phenoxy) is 1. The van der Waals surface area contributed by atoms with Crippen molar-refractivity contribution in [2.24, 2.45) is 5.73 Å². The number of carbonyl (C=O) groups excluding carboxylic acids is 1. The number of hydrogen-bond donors (Lipinski definition) is 2. The van der Waals surface area contributed by atoms with Crippen molar-refractivity contribution in [3.05, 3.63) is 24.3 Å². The smallest absolute Gasteiger partial charge is 0.241 e. The van der Waals surface area contributed by atoms with Crippen LogP contribution in [0.25, 0.3) is 0 Å². The normalized spacial score (nSPS) is 11.4. The average molecular weight is 247 g/mol. The molecule has 0 unspecified atom stereocenters. The van der Waals surface area contributed by atoms with Crippen molar-refractivity contribution in [2.45, 2.75) is 25.8 Å². The molecule has 3 N–H and O–H groups in total. The monoisotopic (exact) mass is 247 g/mol. The molecule has 5 heteroatoms. The summed E-state index contributed by atoms with van der Waals surface area (Å²) in [5.41, 5.74) is 6.32. The summed E-state index contributed by atoms with van der Waals surface area (Å²) >= 11 is 0. The zero-order valence-corrected chi connectivity index (χ0v) is 10.3. The highest BCUT2D eigenvalue weighted by molar-refractivity contribution is 5.94. The molecule has 1 atom stereocenters. The Bertz CT molecular complexity index is 440. The Balaban J connectivity index is 2.61. The number of hydrogen-bond acceptors (Lipinski definition) is 4. The van der Waals surface area contributed by atoms with Crippen LogP contribution >= 0.6 is 0 Å². The van der Waals surface area contributed by atoms with Gasteiger partial charge in [-0.3, -0.25) is 4.79 Å². The summed E-state index contributed by atoms with van der Waals surface area (Å²) in [4.78, 5) is 11.7. The van der Waals surface area contributed by atoms with Gasteiger partial charge in [0.15, 0.2) is 6.61 Å². The van der Waals surface area contributed by atoms with Crippen LogP contribution in [-0.2, 0) is 4.79 Å². The quantitative estimate of drug-likeness (QED) is 0.800. The van der Waals surface area contributed by atoms with E-state index in [9.17, 15) is 4.79 Å². The van der Waals surface area contributed by atoms with Crippen molar-refractivity contribution in [3.63, 3.8) is 0 Å². The highest BCUT2D eigenvalue weighted by atomic mass is 16.5. The third-order valence-electron chi connectivity index (χ3n) is 2.34. The van der Waals surface area contributed by atoms with Crippen LogP contribution in [0.5, 0.6) is 5.75 Å². The van der Waals surface area contributed by atoms with E-state index in [0.717, 1.165) is 6.42 Å². The zero-order valence-electron chi connectivity index (χ0n) is 10.3. The Morgan fingerprint density at radius 2 is 2.39 bits per heavy atom. The van der Waals surface area contributed by atoms with E-state index < -0.39 is 6.04 Å². The first-order valence-electron chi connectivity index (χ1n) is 5.83. The lowest BCUT2D eigenvalue weighted by atomic mass is 10.1. The van der Waals surface area contributed by atoms with Crippen LogP contribution in [0.15, 0.2) is 24.3 Å². The third-order valence-corrected chi connectivity index (χ3v) is 2.34. The van der Waals surface area contributed by atoms with E-state index in [1.165, 1.54) is 0 Å². The van der Waals surface area contributed by atoms with Gasteiger partial charge in [-0.25, -0.2) is 0 Å². The second-order valence-corrected chi connectivity index (χ2v) is 3.86. The molecule has 96 valence electrons. The molecule has 0 aliphatic carbocycles. The maximum atomic E-state index is 11.7. The van der Waals surface area contributed by atoms with Crippen LogP contribution in [0.3, 0.4) is 0 Å². The SMILES string of the molecule is CCC[C@H](N)C(=O)Nc1cccc(OCC#N)c1. The average Bonchev–Trinajstić information content (AvgIpc) is 2.37. The minimum Gasteiger partial charge on any atom is -0.479 e. The van der Waals surface area contributed by atoms with Gasteiger partial charge in [0.05, 0.1) is 6.04 Å². The first kappa shape index (κ1) is 14.0. The molecule has 1 aromatic rings. The molecule has 1 rings (SSSR count). The van der Waals surface area contributed by atoms with E-state index in [4.69, 9.17) is 15.7 Å². The van der Waals surface area contributed by atoms with Crippen molar-refractivity contribution in [3.8, 4) is 11.8 Å².